The van der Waals surface area contributed by atoms with E-state index in [2.05, 4.69) is 6.58 Å². The fourth-order valence-electron chi connectivity index (χ4n) is 2.09. The predicted molar refractivity (Wildman–Crippen MR) is 79.2 cm³/mol. The standard InChI is InChI=1S/C16H30O3/c1-3-15(17)13-11-9-7-5-4-6-8-10-12-14(2)16(18)19/h15,17H,2-13H2,1H3,(H,18,19). The number of aliphatic hydroxyl groups is 1. The van der Waals surface area contributed by atoms with E-state index in [1.807, 2.05) is 6.92 Å². The average Bonchev–Trinajstić information content (AvgIpc) is 2.39. The second-order valence-electron chi connectivity index (χ2n) is 5.34. The first kappa shape index (κ1) is 18.2. The maximum Gasteiger partial charge on any atom is 0.330 e. The maximum atomic E-state index is 10.5. The monoisotopic (exact) mass is 270 g/mol. The van der Waals surface area contributed by atoms with Gasteiger partial charge in [0.05, 0.1) is 6.10 Å². The Morgan fingerprint density at radius 3 is 1.95 bits per heavy atom. The molecule has 0 heterocycles. The first-order valence-electron chi connectivity index (χ1n) is 7.67. The van der Waals surface area contributed by atoms with Crippen LogP contribution >= 0.6 is 0 Å². The van der Waals surface area contributed by atoms with E-state index in [1.54, 1.807) is 0 Å². The minimum atomic E-state index is -0.866. The third-order valence-electron chi connectivity index (χ3n) is 3.54. The summed E-state index contributed by atoms with van der Waals surface area (Å²) in [7, 11) is 0. The molecular weight excluding hydrogens is 240 g/mol. The molecule has 19 heavy (non-hydrogen) atoms. The third-order valence-corrected chi connectivity index (χ3v) is 3.54. The number of carboxylic acid groups (broad SMARTS) is 1. The van der Waals surface area contributed by atoms with E-state index in [4.69, 9.17) is 5.11 Å². The Morgan fingerprint density at radius 1 is 1.00 bits per heavy atom. The smallest absolute Gasteiger partial charge is 0.330 e. The summed E-state index contributed by atoms with van der Waals surface area (Å²) in [6.45, 7) is 5.54. The molecule has 0 aliphatic carbocycles. The molecule has 0 aliphatic rings. The van der Waals surface area contributed by atoms with Crippen molar-refractivity contribution in [3.8, 4) is 0 Å². The van der Waals surface area contributed by atoms with Crippen molar-refractivity contribution in [2.24, 2.45) is 0 Å². The fraction of sp³-hybridized carbons (Fsp3) is 0.812. The van der Waals surface area contributed by atoms with Crippen LogP contribution in [-0.2, 0) is 4.79 Å². The lowest BCUT2D eigenvalue weighted by atomic mass is 10.0. The Hall–Kier alpha value is -0.830. The number of aliphatic hydroxyl groups excluding tert-OH is 1. The molecule has 112 valence electrons. The van der Waals surface area contributed by atoms with Crippen molar-refractivity contribution in [1.29, 1.82) is 0 Å². The number of hydrogen-bond donors (Lipinski definition) is 2. The van der Waals surface area contributed by atoms with Crippen LogP contribution in [0.1, 0.15) is 77.6 Å². The summed E-state index contributed by atoms with van der Waals surface area (Å²) >= 11 is 0. The molecule has 0 aromatic heterocycles. The zero-order valence-corrected chi connectivity index (χ0v) is 12.4. The van der Waals surface area contributed by atoms with Gasteiger partial charge in [0.25, 0.3) is 0 Å². The summed E-state index contributed by atoms with van der Waals surface area (Å²) in [5, 5.41) is 18.0. The van der Waals surface area contributed by atoms with Crippen molar-refractivity contribution in [3.63, 3.8) is 0 Å². The van der Waals surface area contributed by atoms with Crippen LogP contribution in [-0.4, -0.2) is 22.3 Å². The highest BCUT2D eigenvalue weighted by Crippen LogP contribution is 2.13. The van der Waals surface area contributed by atoms with Crippen LogP contribution < -0.4 is 0 Å². The van der Waals surface area contributed by atoms with Gasteiger partial charge in [0.2, 0.25) is 0 Å². The molecule has 0 fully saturated rings. The second-order valence-corrected chi connectivity index (χ2v) is 5.34. The first-order valence-corrected chi connectivity index (χ1v) is 7.67. The summed E-state index contributed by atoms with van der Waals surface area (Å²) in [6, 6.07) is 0. The van der Waals surface area contributed by atoms with Crippen molar-refractivity contribution in [2.75, 3.05) is 0 Å². The fourth-order valence-corrected chi connectivity index (χ4v) is 2.09. The van der Waals surface area contributed by atoms with Gasteiger partial charge in [-0.1, -0.05) is 58.4 Å². The summed E-state index contributed by atoms with van der Waals surface area (Å²) in [4.78, 5) is 10.5. The second kappa shape index (κ2) is 12.2. The Kier molecular flexibility index (Phi) is 11.7. The molecule has 2 N–H and O–H groups in total. The highest BCUT2D eigenvalue weighted by atomic mass is 16.4. The van der Waals surface area contributed by atoms with Crippen molar-refractivity contribution < 1.29 is 15.0 Å². The molecule has 1 unspecified atom stereocenters. The molecule has 0 radical (unpaired) electrons. The van der Waals surface area contributed by atoms with Gasteiger partial charge in [-0.3, -0.25) is 0 Å². The number of carbonyl (C=O) groups is 1. The van der Waals surface area contributed by atoms with Gasteiger partial charge in [-0.15, -0.1) is 0 Å². The molecule has 3 heteroatoms. The lowest BCUT2D eigenvalue weighted by Gasteiger charge is -2.06. The van der Waals surface area contributed by atoms with Crippen molar-refractivity contribution in [3.05, 3.63) is 12.2 Å². The summed E-state index contributed by atoms with van der Waals surface area (Å²) in [5.41, 5.74) is 0.328. The van der Waals surface area contributed by atoms with Crippen LogP contribution in [0.4, 0.5) is 0 Å². The summed E-state index contributed by atoms with van der Waals surface area (Å²) in [5.74, 6) is -0.866. The molecule has 1 atom stereocenters. The molecule has 0 amide bonds. The Balaban J connectivity index is 3.15. The lowest BCUT2D eigenvalue weighted by molar-refractivity contribution is -0.132. The zero-order valence-electron chi connectivity index (χ0n) is 12.4. The van der Waals surface area contributed by atoms with Crippen molar-refractivity contribution in [2.45, 2.75) is 83.7 Å². The molecular formula is C16H30O3. The highest BCUT2D eigenvalue weighted by molar-refractivity contribution is 5.85. The molecule has 0 bridgehead atoms. The maximum absolute atomic E-state index is 10.5. The summed E-state index contributed by atoms with van der Waals surface area (Å²) < 4.78 is 0. The van der Waals surface area contributed by atoms with Gasteiger partial charge in [0.15, 0.2) is 0 Å². The molecule has 0 aromatic rings. The molecule has 0 saturated heterocycles. The zero-order chi connectivity index (χ0) is 14.5. The summed E-state index contributed by atoms with van der Waals surface area (Å²) in [6.07, 6.45) is 11.6. The Morgan fingerprint density at radius 2 is 1.47 bits per heavy atom. The van der Waals surface area contributed by atoms with Crippen LogP contribution in [0.3, 0.4) is 0 Å². The van der Waals surface area contributed by atoms with E-state index in [0.29, 0.717) is 12.0 Å². The number of carboxylic acids is 1. The molecule has 3 nitrogen and oxygen atoms in total. The quantitative estimate of drug-likeness (QED) is 0.387. The van der Waals surface area contributed by atoms with Crippen LogP contribution in [0.5, 0.6) is 0 Å². The molecule has 0 spiro atoms. The number of rotatable bonds is 13. The van der Waals surface area contributed by atoms with Crippen molar-refractivity contribution >= 4 is 5.97 Å². The number of hydrogen-bond acceptors (Lipinski definition) is 2. The molecule has 0 aliphatic heterocycles. The highest BCUT2D eigenvalue weighted by Gasteiger charge is 2.02. The lowest BCUT2D eigenvalue weighted by Crippen LogP contribution is -2.03. The van der Waals surface area contributed by atoms with Gasteiger partial charge in [-0.25, -0.2) is 4.79 Å². The van der Waals surface area contributed by atoms with Gasteiger partial charge in [-0.2, -0.15) is 0 Å². The predicted octanol–water partition coefficient (Wildman–Crippen LogP) is 4.30. The molecule has 0 aromatic carbocycles. The van der Waals surface area contributed by atoms with Gasteiger partial charge in [-0.05, 0) is 25.7 Å². The van der Waals surface area contributed by atoms with Crippen LogP contribution in [0.2, 0.25) is 0 Å². The Labute approximate surface area is 117 Å². The van der Waals surface area contributed by atoms with E-state index >= 15 is 0 Å². The van der Waals surface area contributed by atoms with E-state index in [9.17, 15) is 9.90 Å². The molecule has 0 rings (SSSR count). The van der Waals surface area contributed by atoms with Crippen LogP contribution in [0.25, 0.3) is 0 Å². The van der Waals surface area contributed by atoms with Crippen LogP contribution in [0.15, 0.2) is 12.2 Å². The largest absolute Gasteiger partial charge is 0.478 e. The van der Waals surface area contributed by atoms with E-state index in [-0.39, 0.29) is 6.10 Å². The van der Waals surface area contributed by atoms with Gasteiger partial charge in [0, 0.05) is 5.57 Å². The molecule has 0 saturated carbocycles. The van der Waals surface area contributed by atoms with Gasteiger partial charge < -0.3 is 10.2 Å². The van der Waals surface area contributed by atoms with Crippen molar-refractivity contribution in [1.82, 2.24) is 0 Å². The van der Waals surface area contributed by atoms with Gasteiger partial charge in [0.1, 0.15) is 0 Å². The minimum Gasteiger partial charge on any atom is -0.478 e. The van der Waals surface area contributed by atoms with Gasteiger partial charge >= 0.3 is 5.97 Å². The number of aliphatic carboxylic acids is 1. The average molecular weight is 270 g/mol. The van der Waals surface area contributed by atoms with E-state index < -0.39 is 5.97 Å². The minimum absolute atomic E-state index is 0.109. The first-order chi connectivity index (χ1) is 9.07. The SMILES string of the molecule is C=C(CCCCCCCCCCC(O)CC)C(=O)O. The van der Waals surface area contributed by atoms with E-state index in [0.717, 1.165) is 32.1 Å². The number of unbranched alkanes of at least 4 members (excludes halogenated alkanes) is 7. The normalized spacial score (nSPS) is 12.3. The van der Waals surface area contributed by atoms with E-state index in [1.165, 1.54) is 32.1 Å². The third kappa shape index (κ3) is 12.0. The Bertz CT molecular complexity index is 248. The van der Waals surface area contributed by atoms with Crippen LogP contribution in [0, 0.1) is 0 Å². The topological polar surface area (TPSA) is 57.5 Å².